The van der Waals surface area contributed by atoms with Gasteiger partial charge in [-0.05, 0) is 45.0 Å². The summed E-state index contributed by atoms with van der Waals surface area (Å²) >= 11 is 0. The van der Waals surface area contributed by atoms with Crippen LogP contribution < -0.4 is 0 Å². The first-order valence-electron chi connectivity index (χ1n) is 10.4. The van der Waals surface area contributed by atoms with Crippen molar-refractivity contribution in [2.45, 2.75) is 38.6 Å². The van der Waals surface area contributed by atoms with E-state index in [0.717, 1.165) is 61.3 Å². The summed E-state index contributed by atoms with van der Waals surface area (Å²) in [4.78, 5) is 26.8. The number of piperidine rings is 1. The molecule has 0 spiro atoms. The van der Waals surface area contributed by atoms with Crippen LogP contribution in [-0.2, 0) is 13.0 Å². The predicted molar refractivity (Wildman–Crippen MR) is 111 cm³/mol. The average Bonchev–Trinajstić information content (AvgIpc) is 3.16. The minimum absolute atomic E-state index is 0.0388. The minimum atomic E-state index is -0.0388. The molecule has 0 radical (unpaired) electrons. The lowest BCUT2D eigenvalue weighted by Gasteiger charge is -2.32. The van der Waals surface area contributed by atoms with E-state index in [1.807, 2.05) is 42.3 Å². The number of likely N-dealkylation sites (tertiary alicyclic amines) is 1. The Morgan fingerprint density at radius 3 is 3.03 bits per heavy atom. The van der Waals surface area contributed by atoms with Gasteiger partial charge in [-0.15, -0.1) is 0 Å². The number of likely N-dealkylation sites (N-methyl/N-ethyl adjacent to an activating group) is 1. The van der Waals surface area contributed by atoms with Crippen LogP contribution in [0, 0.1) is 6.92 Å². The van der Waals surface area contributed by atoms with Crippen LogP contribution in [0.4, 0.5) is 0 Å². The molecule has 29 heavy (non-hydrogen) atoms. The molecule has 2 aliphatic heterocycles. The van der Waals surface area contributed by atoms with E-state index < -0.39 is 0 Å². The van der Waals surface area contributed by atoms with Gasteiger partial charge in [0.15, 0.2) is 5.76 Å². The van der Waals surface area contributed by atoms with E-state index >= 15 is 0 Å². The summed E-state index contributed by atoms with van der Waals surface area (Å²) in [6.45, 7) is 5.38. The zero-order valence-electron chi connectivity index (χ0n) is 17.0. The lowest BCUT2D eigenvalue weighted by Crippen LogP contribution is -2.39. The number of nitrogens with zero attached hydrogens (tertiary/aromatic N) is 4. The quantitative estimate of drug-likeness (QED) is 0.670. The highest BCUT2D eigenvalue weighted by atomic mass is 16.3. The highest BCUT2D eigenvalue weighted by molar-refractivity contribution is 5.96. The minimum Gasteiger partial charge on any atom is -0.451 e. The fourth-order valence-electron chi connectivity index (χ4n) is 4.47. The van der Waals surface area contributed by atoms with Crippen LogP contribution in [0.15, 0.2) is 34.9 Å². The number of furan rings is 1. The number of carbonyl (C=O) groups excluding carboxylic acids is 1. The molecule has 2 aliphatic rings. The summed E-state index contributed by atoms with van der Waals surface area (Å²) < 4.78 is 5.84. The molecule has 3 aromatic rings. The number of aryl methyl sites for hydroxylation is 1. The summed E-state index contributed by atoms with van der Waals surface area (Å²) in [5, 5.41) is 0.977. The van der Waals surface area contributed by atoms with Crippen molar-refractivity contribution in [2.75, 3.05) is 26.7 Å². The van der Waals surface area contributed by atoms with E-state index in [0.29, 0.717) is 12.3 Å². The van der Waals surface area contributed by atoms with Crippen LogP contribution in [0.5, 0.6) is 0 Å². The maximum Gasteiger partial charge on any atom is 0.289 e. The maximum atomic E-state index is 13.1. The number of hydrogen-bond acceptors (Lipinski definition) is 5. The van der Waals surface area contributed by atoms with Crippen molar-refractivity contribution in [2.24, 2.45) is 0 Å². The molecule has 4 heterocycles. The Balaban J connectivity index is 1.35. The molecule has 0 saturated carbocycles. The summed E-state index contributed by atoms with van der Waals surface area (Å²) in [7, 11) is 2.13. The summed E-state index contributed by atoms with van der Waals surface area (Å²) in [6, 6.07) is 7.84. The molecule has 1 atom stereocenters. The van der Waals surface area contributed by atoms with Crippen molar-refractivity contribution in [3.8, 4) is 0 Å². The Labute approximate surface area is 170 Å². The second-order valence-corrected chi connectivity index (χ2v) is 8.43. The first kappa shape index (κ1) is 18.3. The molecule has 0 unspecified atom stereocenters. The third kappa shape index (κ3) is 3.53. The van der Waals surface area contributed by atoms with Crippen LogP contribution in [0.1, 0.15) is 52.0 Å². The Bertz CT molecular complexity index is 1070. The second-order valence-electron chi connectivity index (χ2n) is 8.43. The molecule has 0 N–H and O–H groups in total. The van der Waals surface area contributed by atoms with E-state index in [1.54, 1.807) is 0 Å². The summed E-state index contributed by atoms with van der Waals surface area (Å²) in [6.07, 6.45) is 4.92. The third-order valence-corrected chi connectivity index (χ3v) is 6.10. The van der Waals surface area contributed by atoms with Gasteiger partial charge >= 0.3 is 0 Å². The summed E-state index contributed by atoms with van der Waals surface area (Å²) in [5.41, 5.74) is 4.31. The number of aromatic nitrogens is 2. The fraction of sp³-hybridized carbons (Fsp3) is 0.435. The molecule has 1 saturated heterocycles. The Hall–Kier alpha value is -2.73. The first-order valence-corrected chi connectivity index (χ1v) is 10.4. The van der Waals surface area contributed by atoms with Gasteiger partial charge in [0.1, 0.15) is 11.4 Å². The van der Waals surface area contributed by atoms with Gasteiger partial charge in [-0.25, -0.2) is 9.97 Å². The lowest BCUT2D eigenvalue weighted by atomic mass is 9.96. The zero-order chi connectivity index (χ0) is 20.0. The van der Waals surface area contributed by atoms with Crippen LogP contribution in [0.3, 0.4) is 0 Å². The number of rotatable bonds is 2. The molecule has 0 bridgehead atoms. The zero-order valence-corrected chi connectivity index (χ0v) is 17.0. The van der Waals surface area contributed by atoms with Gasteiger partial charge < -0.3 is 14.2 Å². The first-order chi connectivity index (χ1) is 14.1. The molecule has 6 nitrogen and oxygen atoms in total. The fourth-order valence-corrected chi connectivity index (χ4v) is 4.47. The van der Waals surface area contributed by atoms with Crippen molar-refractivity contribution in [3.05, 3.63) is 58.9 Å². The van der Waals surface area contributed by atoms with Crippen molar-refractivity contribution >= 4 is 16.9 Å². The molecule has 1 fully saturated rings. The number of amides is 1. The van der Waals surface area contributed by atoms with E-state index in [1.165, 1.54) is 11.3 Å². The molecular weight excluding hydrogens is 364 g/mol. The SMILES string of the molecule is Cc1ccc2oc(C(=O)N3CCC[C@@H](c4ncc5c(n4)CCN(C)C5)C3)cc2c1. The smallest absolute Gasteiger partial charge is 0.289 e. The molecule has 1 aromatic carbocycles. The van der Waals surface area contributed by atoms with Crippen molar-refractivity contribution in [1.82, 2.24) is 19.8 Å². The number of fused-ring (bicyclic) bond motifs is 2. The number of benzene rings is 1. The van der Waals surface area contributed by atoms with Gasteiger partial charge in [0.2, 0.25) is 0 Å². The molecule has 150 valence electrons. The topological polar surface area (TPSA) is 62.5 Å². The third-order valence-electron chi connectivity index (χ3n) is 6.10. The van der Waals surface area contributed by atoms with E-state index in [4.69, 9.17) is 9.40 Å². The van der Waals surface area contributed by atoms with Gasteiger partial charge in [-0.3, -0.25) is 4.79 Å². The molecule has 0 aliphatic carbocycles. The lowest BCUT2D eigenvalue weighted by molar-refractivity contribution is 0.0674. The highest BCUT2D eigenvalue weighted by Gasteiger charge is 2.29. The second kappa shape index (κ2) is 7.26. The van der Waals surface area contributed by atoms with Crippen LogP contribution in [-0.4, -0.2) is 52.4 Å². The molecule has 6 heteroatoms. The van der Waals surface area contributed by atoms with Crippen molar-refractivity contribution in [3.63, 3.8) is 0 Å². The predicted octanol–water partition coefficient (Wildman–Crippen LogP) is 3.54. The van der Waals surface area contributed by atoms with Gasteiger partial charge in [0.05, 0.1) is 0 Å². The van der Waals surface area contributed by atoms with Crippen LogP contribution in [0.25, 0.3) is 11.0 Å². The number of carbonyl (C=O) groups is 1. The van der Waals surface area contributed by atoms with Crippen LogP contribution >= 0.6 is 0 Å². The number of hydrogen-bond donors (Lipinski definition) is 0. The van der Waals surface area contributed by atoms with Crippen molar-refractivity contribution in [1.29, 1.82) is 0 Å². The average molecular weight is 390 g/mol. The van der Waals surface area contributed by atoms with Gasteiger partial charge in [-0.1, -0.05) is 11.6 Å². The Morgan fingerprint density at radius 1 is 1.24 bits per heavy atom. The highest BCUT2D eigenvalue weighted by Crippen LogP contribution is 2.28. The molecule has 2 aromatic heterocycles. The Kier molecular flexibility index (Phi) is 4.59. The van der Waals surface area contributed by atoms with Gasteiger partial charge in [0.25, 0.3) is 5.91 Å². The van der Waals surface area contributed by atoms with Crippen LogP contribution in [0.2, 0.25) is 0 Å². The van der Waals surface area contributed by atoms with Gasteiger partial charge in [0, 0.05) is 61.4 Å². The molecular formula is C23H26N4O2. The van der Waals surface area contributed by atoms with Crippen molar-refractivity contribution < 1.29 is 9.21 Å². The summed E-state index contributed by atoms with van der Waals surface area (Å²) in [5.74, 6) is 1.44. The van der Waals surface area contributed by atoms with E-state index in [-0.39, 0.29) is 11.8 Å². The van der Waals surface area contributed by atoms with E-state index in [9.17, 15) is 4.79 Å². The maximum absolute atomic E-state index is 13.1. The molecule has 1 amide bonds. The molecule has 5 rings (SSSR count). The monoisotopic (exact) mass is 390 g/mol. The van der Waals surface area contributed by atoms with Gasteiger partial charge in [-0.2, -0.15) is 0 Å². The largest absolute Gasteiger partial charge is 0.451 e. The Morgan fingerprint density at radius 2 is 2.14 bits per heavy atom. The standard InChI is InChI=1S/C23H26N4O2/c1-15-5-6-20-17(10-15)11-21(29-20)23(28)27-8-3-4-16(14-27)22-24-12-18-13-26(2)9-7-19(18)25-22/h5-6,10-12,16H,3-4,7-9,13-14H2,1-2H3/t16-/m1/s1. The van der Waals surface area contributed by atoms with E-state index in [2.05, 4.69) is 16.9 Å². The normalized spacial score (nSPS) is 20.1.